The van der Waals surface area contributed by atoms with Gasteiger partial charge in [-0.2, -0.15) is 4.31 Å². The molecule has 1 aromatic rings. The van der Waals surface area contributed by atoms with Gasteiger partial charge in [-0.15, -0.1) is 0 Å². The first-order valence-corrected chi connectivity index (χ1v) is 12.4. The maximum absolute atomic E-state index is 13.1. The molecule has 1 unspecified atom stereocenters. The predicted octanol–water partition coefficient (Wildman–Crippen LogP) is 2.92. The van der Waals surface area contributed by atoms with Crippen molar-refractivity contribution in [3.8, 4) is 0 Å². The summed E-state index contributed by atoms with van der Waals surface area (Å²) in [6.45, 7) is 1.78. The average molecular weight is 437 g/mol. The largest absolute Gasteiger partial charge is 0.454 e. The standard InChI is InChI=1S/C22H32N2O5S/c1-17-11-13-19(14-12-17)30(27,28)24-15-7-6-10-20(24)22(26)29-16-21(25)23-18-8-4-2-3-5-9-18/h11-14,18,20H,2-10,15-16H2,1H3,(H,23,25). The summed E-state index contributed by atoms with van der Waals surface area (Å²) in [4.78, 5) is 25.1. The number of nitrogens with one attached hydrogen (secondary N) is 1. The van der Waals surface area contributed by atoms with Crippen molar-refractivity contribution in [2.75, 3.05) is 13.2 Å². The number of aryl methyl sites for hydroxylation is 1. The summed E-state index contributed by atoms with van der Waals surface area (Å²) in [6.07, 6.45) is 8.30. The van der Waals surface area contributed by atoms with Crippen LogP contribution in [0.5, 0.6) is 0 Å². The monoisotopic (exact) mass is 436 g/mol. The highest BCUT2D eigenvalue weighted by molar-refractivity contribution is 7.89. The fraction of sp³-hybridized carbons (Fsp3) is 0.636. The normalized spacial score (nSPS) is 21.6. The van der Waals surface area contributed by atoms with Crippen LogP contribution < -0.4 is 5.32 Å². The molecule has 7 nitrogen and oxygen atoms in total. The molecule has 0 spiro atoms. The molecule has 0 radical (unpaired) electrons. The zero-order valence-electron chi connectivity index (χ0n) is 17.6. The van der Waals surface area contributed by atoms with E-state index < -0.39 is 22.0 Å². The first kappa shape index (κ1) is 22.7. The number of rotatable bonds is 6. The van der Waals surface area contributed by atoms with E-state index in [1.807, 2.05) is 6.92 Å². The van der Waals surface area contributed by atoms with Crippen molar-refractivity contribution >= 4 is 21.9 Å². The molecule has 2 fully saturated rings. The van der Waals surface area contributed by atoms with E-state index in [0.717, 1.165) is 37.7 Å². The van der Waals surface area contributed by atoms with Crippen molar-refractivity contribution in [2.45, 2.75) is 81.7 Å². The van der Waals surface area contributed by atoms with Crippen molar-refractivity contribution in [1.82, 2.24) is 9.62 Å². The highest BCUT2D eigenvalue weighted by atomic mass is 32.2. The molecular formula is C22H32N2O5S. The van der Waals surface area contributed by atoms with Gasteiger partial charge >= 0.3 is 5.97 Å². The molecule has 1 saturated heterocycles. The van der Waals surface area contributed by atoms with Crippen LogP contribution in [0.25, 0.3) is 0 Å². The maximum Gasteiger partial charge on any atom is 0.324 e. The SMILES string of the molecule is Cc1ccc(S(=O)(=O)N2CCCCC2C(=O)OCC(=O)NC2CCCCCC2)cc1. The molecule has 30 heavy (non-hydrogen) atoms. The lowest BCUT2D eigenvalue weighted by molar-refractivity contribution is -0.153. The van der Waals surface area contributed by atoms with Gasteiger partial charge in [-0.3, -0.25) is 9.59 Å². The van der Waals surface area contributed by atoms with E-state index in [4.69, 9.17) is 4.74 Å². The molecule has 1 amide bonds. The van der Waals surface area contributed by atoms with Gasteiger partial charge in [0.25, 0.3) is 5.91 Å². The minimum atomic E-state index is -3.81. The molecule has 1 N–H and O–H groups in total. The molecule has 1 aliphatic heterocycles. The number of sulfonamides is 1. The zero-order valence-corrected chi connectivity index (χ0v) is 18.5. The van der Waals surface area contributed by atoms with Gasteiger partial charge in [-0.05, 0) is 51.2 Å². The number of esters is 1. The Hall–Kier alpha value is -1.93. The zero-order chi connectivity index (χ0) is 21.6. The average Bonchev–Trinajstić information content (AvgIpc) is 3.01. The number of hydrogen-bond acceptors (Lipinski definition) is 5. The van der Waals surface area contributed by atoms with E-state index in [2.05, 4.69) is 5.32 Å². The van der Waals surface area contributed by atoms with E-state index >= 15 is 0 Å². The van der Waals surface area contributed by atoms with Crippen LogP contribution in [-0.2, 0) is 24.3 Å². The van der Waals surface area contributed by atoms with E-state index in [1.165, 1.54) is 17.1 Å². The van der Waals surface area contributed by atoms with Crippen molar-refractivity contribution in [2.24, 2.45) is 0 Å². The third-order valence-corrected chi connectivity index (χ3v) is 7.84. The second-order valence-electron chi connectivity index (χ2n) is 8.30. The van der Waals surface area contributed by atoms with Crippen LogP contribution >= 0.6 is 0 Å². The summed E-state index contributed by atoms with van der Waals surface area (Å²) in [7, 11) is -3.81. The van der Waals surface area contributed by atoms with Gasteiger partial charge in [0.2, 0.25) is 10.0 Å². The molecule has 0 bridgehead atoms. The fourth-order valence-corrected chi connectivity index (χ4v) is 5.85. The maximum atomic E-state index is 13.1. The van der Waals surface area contributed by atoms with Crippen LogP contribution in [0.4, 0.5) is 0 Å². The lowest BCUT2D eigenvalue weighted by Gasteiger charge is -2.33. The van der Waals surface area contributed by atoms with E-state index in [1.54, 1.807) is 24.3 Å². The summed E-state index contributed by atoms with van der Waals surface area (Å²) in [5.74, 6) is -0.972. The van der Waals surface area contributed by atoms with Gasteiger partial charge in [-0.25, -0.2) is 8.42 Å². The molecule has 1 aromatic carbocycles. The molecule has 0 aromatic heterocycles. The second-order valence-corrected chi connectivity index (χ2v) is 10.2. The number of carbonyl (C=O) groups excluding carboxylic acids is 2. The van der Waals surface area contributed by atoms with E-state index in [9.17, 15) is 18.0 Å². The van der Waals surface area contributed by atoms with Crippen molar-refractivity contribution < 1.29 is 22.7 Å². The Morgan fingerprint density at radius 3 is 2.30 bits per heavy atom. The van der Waals surface area contributed by atoms with Gasteiger partial charge in [0.15, 0.2) is 6.61 Å². The number of ether oxygens (including phenoxy) is 1. The molecular weight excluding hydrogens is 404 g/mol. The Balaban J connectivity index is 1.60. The number of benzene rings is 1. The van der Waals surface area contributed by atoms with Crippen molar-refractivity contribution in [3.05, 3.63) is 29.8 Å². The second kappa shape index (κ2) is 10.4. The van der Waals surface area contributed by atoms with Crippen LogP contribution in [0, 0.1) is 6.92 Å². The first-order chi connectivity index (χ1) is 14.4. The highest BCUT2D eigenvalue weighted by Crippen LogP contribution is 2.26. The molecule has 1 heterocycles. The third kappa shape index (κ3) is 5.82. The lowest BCUT2D eigenvalue weighted by atomic mass is 10.1. The summed E-state index contributed by atoms with van der Waals surface area (Å²) < 4.78 is 32.6. The van der Waals surface area contributed by atoms with Gasteiger partial charge in [0.05, 0.1) is 4.90 Å². The Morgan fingerprint density at radius 1 is 1.00 bits per heavy atom. The van der Waals surface area contributed by atoms with Crippen LogP contribution in [-0.4, -0.2) is 49.8 Å². The number of nitrogens with zero attached hydrogens (tertiary/aromatic N) is 1. The highest BCUT2D eigenvalue weighted by Gasteiger charge is 2.38. The summed E-state index contributed by atoms with van der Waals surface area (Å²) in [6, 6.07) is 5.83. The van der Waals surface area contributed by atoms with Gasteiger partial charge in [-0.1, -0.05) is 43.4 Å². The quantitative estimate of drug-likeness (QED) is 0.547. The van der Waals surface area contributed by atoms with Crippen LogP contribution in [0.2, 0.25) is 0 Å². The topological polar surface area (TPSA) is 92.8 Å². The lowest BCUT2D eigenvalue weighted by Crippen LogP contribution is -2.49. The molecule has 1 atom stereocenters. The Morgan fingerprint density at radius 2 is 1.63 bits per heavy atom. The molecule has 1 aliphatic carbocycles. The predicted molar refractivity (Wildman–Crippen MR) is 113 cm³/mol. The summed E-state index contributed by atoms with van der Waals surface area (Å²) in [5.41, 5.74) is 0.961. The molecule has 3 rings (SSSR count). The fourth-order valence-electron chi connectivity index (χ4n) is 4.20. The third-order valence-electron chi connectivity index (χ3n) is 5.92. The molecule has 8 heteroatoms. The summed E-state index contributed by atoms with van der Waals surface area (Å²) >= 11 is 0. The van der Waals surface area contributed by atoms with Crippen molar-refractivity contribution in [1.29, 1.82) is 0 Å². The molecule has 1 saturated carbocycles. The van der Waals surface area contributed by atoms with Crippen molar-refractivity contribution in [3.63, 3.8) is 0 Å². The minimum absolute atomic E-state index is 0.131. The van der Waals surface area contributed by atoms with Crippen LogP contribution in [0.3, 0.4) is 0 Å². The van der Waals surface area contributed by atoms with E-state index in [0.29, 0.717) is 12.8 Å². The number of carbonyl (C=O) groups is 2. The van der Waals surface area contributed by atoms with Crippen LogP contribution in [0.1, 0.15) is 63.4 Å². The Bertz CT molecular complexity index is 830. The minimum Gasteiger partial charge on any atom is -0.454 e. The number of amides is 1. The van der Waals surface area contributed by atoms with Gasteiger partial charge < -0.3 is 10.1 Å². The van der Waals surface area contributed by atoms with Crippen LogP contribution in [0.15, 0.2) is 29.2 Å². The van der Waals surface area contributed by atoms with Gasteiger partial charge in [0.1, 0.15) is 6.04 Å². The number of piperidine rings is 1. The first-order valence-electron chi connectivity index (χ1n) is 10.9. The molecule has 166 valence electrons. The summed E-state index contributed by atoms with van der Waals surface area (Å²) in [5, 5.41) is 2.94. The Kier molecular flexibility index (Phi) is 7.88. The molecule has 2 aliphatic rings. The van der Waals surface area contributed by atoms with Gasteiger partial charge in [0, 0.05) is 12.6 Å². The Labute approximate surface area is 179 Å². The van der Waals surface area contributed by atoms with E-state index in [-0.39, 0.29) is 30.0 Å². The smallest absolute Gasteiger partial charge is 0.324 e. The number of hydrogen-bond donors (Lipinski definition) is 1.